The molecule has 0 heterocycles. The number of halogens is 1. The largest absolute Gasteiger partial charge is 0.493 e. The van der Waals surface area contributed by atoms with Gasteiger partial charge in [0.15, 0.2) is 11.5 Å². The van der Waals surface area contributed by atoms with Gasteiger partial charge < -0.3 is 14.8 Å². The van der Waals surface area contributed by atoms with Crippen molar-refractivity contribution in [3.05, 3.63) is 59.4 Å². The van der Waals surface area contributed by atoms with Gasteiger partial charge in [0, 0.05) is 13.1 Å². The van der Waals surface area contributed by atoms with Crippen LogP contribution in [-0.2, 0) is 13.1 Å². The van der Waals surface area contributed by atoms with Gasteiger partial charge in [0.2, 0.25) is 0 Å². The Morgan fingerprint density at radius 1 is 0.952 bits per heavy atom. The quantitative estimate of drug-likeness (QED) is 0.846. The number of hydrogen-bond donors (Lipinski definition) is 1. The molecular formula is C17H20FNO2. The van der Waals surface area contributed by atoms with Crippen molar-refractivity contribution in [2.24, 2.45) is 0 Å². The molecule has 21 heavy (non-hydrogen) atoms. The molecule has 0 spiro atoms. The van der Waals surface area contributed by atoms with Gasteiger partial charge in [0.25, 0.3) is 0 Å². The molecule has 0 aliphatic carbocycles. The van der Waals surface area contributed by atoms with E-state index in [0.717, 1.165) is 22.6 Å². The average molecular weight is 289 g/mol. The van der Waals surface area contributed by atoms with E-state index >= 15 is 0 Å². The fourth-order valence-electron chi connectivity index (χ4n) is 2.05. The molecule has 3 nitrogen and oxygen atoms in total. The first-order valence-corrected chi connectivity index (χ1v) is 6.97. The van der Waals surface area contributed by atoms with Gasteiger partial charge in [-0.2, -0.15) is 0 Å². The molecule has 1 N–H and O–H groups in total. The maximum Gasteiger partial charge on any atom is 0.161 e. The summed E-state index contributed by atoms with van der Waals surface area (Å²) in [6.45, 7) is 3.94. The Labute approximate surface area is 124 Å². The van der Waals surface area contributed by atoms with Crippen LogP contribution in [0.4, 0.5) is 4.39 Å². The van der Waals surface area contributed by atoms with Crippen LogP contribution in [0.1, 0.15) is 18.1 Å². The van der Waals surface area contributed by atoms with Crippen molar-refractivity contribution in [3.63, 3.8) is 0 Å². The first-order chi connectivity index (χ1) is 10.2. The molecular weight excluding hydrogens is 269 g/mol. The lowest BCUT2D eigenvalue weighted by atomic mass is 10.2. The fraction of sp³-hybridized carbons (Fsp3) is 0.294. The van der Waals surface area contributed by atoms with E-state index in [-0.39, 0.29) is 5.82 Å². The molecule has 0 radical (unpaired) electrons. The van der Waals surface area contributed by atoms with Gasteiger partial charge in [-0.15, -0.1) is 0 Å². The monoisotopic (exact) mass is 289 g/mol. The van der Waals surface area contributed by atoms with Gasteiger partial charge in [-0.05, 0) is 42.3 Å². The van der Waals surface area contributed by atoms with Crippen molar-refractivity contribution in [1.29, 1.82) is 0 Å². The lowest BCUT2D eigenvalue weighted by molar-refractivity contribution is 0.310. The maximum absolute atomic E-state index is 12.8. The second-order valence-corrected chi connectivity index (χ2v) is 4.65. The lowest BCUT2D eigenvalue weighted by Gasteiger charge is -2.11. The molecule has 0 aliphatic heterocycles. The van der Waals surface area contributed by atoms with E-state index in [1.165, 1.54) is 12.1 Å². The Bertz CT molecular complexity index is 570. The Morgan fingerprint density at radius 2 is 1.62 bits per heavy atom. The van der Waals surface area contributed by atoms with Crippen LogP contribution in [0, 0.1) is 5.82 Å². The number of nitrogens with one attached hydrogen (secondary N) is 1. The highest BCUT2D eigenvalue weighted by Gasteiger charge is 2.05. The van der Waals surface area contributed by atoms with Crippen LogP contribution in [0.5, 0.6) is 11.5 Å². The second kappa shape index (κ2) is 7.64. The lowest BCUT2D eigenvalue weighted by Crippen LogP contribution is -2.12. The minimum atomic E-state index is -0.213. The van der Waals surface area contributed by atoms with E-state index in [1.807, 2.05) is 25.1 Å². The summed E-state index contributed by atoms with van der Waals surface area (Å²) >= 11 is 0. The predicted molar refractivity (Wildman–Crippen MR) is 81.1 cm³/mol. The SMILES string of the molecule is CCOc1cc(CNCc2ccc(F)cc2)ccc1OC. The highest BCUT2D eigenvalue weighted by atomic mass is 19.1. The van der Waals surface area contributed by atoms with E-state index < -0.39 is 0 Å². The van der Waals surface area contributed by atoms with Gasteiger partial charge in [-0.1, -0.05) is 18.2 Å². The number of benzene rings is 2. The smallest absolute Gasteiger partial charge is 0.161 e. The number of hydrogen-bond acceptors (Lipinski definition) is 3. The third-order valence-electron chi connectivity index (χ3n) is 3.10. The summed E-state index contributed by atoms with van der Waals surface area (Å²) in [6.07, 6.45) is 0. The van der Waals surface area contributed by atoms with Crippen LogP contribution in [0.15, 0.2) is 42.5 Å². The van der Waals surface area contributed by atoms with Crippen LogP contribution in [0.25, 0.3) is 0 Å². The molecule has 0 unspecified atom stereocenters. The molecule has 2 aromatic rings. The highest BCUT2D eigenvalue weighted by Crippen LogP contribution is 2.27. The zero-order valence-corrected chi connectivity index (χ0v) is 12.4. The molecule has 0 amide bonds. The van der Waals surface area contributed by atoms with Crippen molar-refractivity contribution in [3.8, 4) is 11.5 Å². The summed E-state index contributed by atoms with van der Waals surface area (Å²) in [5, 5.41) is 3.33. The molecule has 0 bridgehead atoms. The van der Waals surface area contributed by atoms with Crippen LogP contribution < -0.4 is 14.8 Å². The van der Waals surface area contributed by atoms with E-state index in [0.29, 0.717) is 19.7 Å². The summed E-state index contributed by atoms with van der Waals surface area (Å²) in [7, 11) is 1.63. The van der Waals surface area contributed by atoms with Crippen LogP contribution in [0.2, 0.25) is 0 Å². The standard InChI is InChI=1S/C17H20FNO2/c1-3-21-17-10-14(6-9-16(17)20-2)12-19-11-13-4-7-15(18)8-5-13/h4-10,19H,3,11-12H2,1-2H3. The van der Waals surface area contributed by atoms with E-state index in [4.69, 9.17) is 9.47 Å². The van der Waals surface area contributed by atoms with E-state index in [9.17, 15) is 4.39 Å². The van der Waals surface area contributed by atoms with Gasteiger partial charge >= 0.3 is 0 Å². The summed E-state index contributed by atoms with van der Waals surface area (Å²) in [5.74, 6) is 1.27. The molecule has 0 aromatic heterocycles. The molecule has 0 atom stereocenters. The van der Waals surface area contributed by atoms with Crippen molar-refractivity contribution >= 4 is 0 Å². The predicted octanol–water partition coefficient (Wildman–Crippen LogP) is 3.52. The van der Waals surface area contributed by atoms with Crippen LogP contribution >= 0.6 is 0 Å². The van der Waals surface area contributed by atoms with Crippen LogP contribution in [-0.4, -0.2) is 13.7 Å². The van der Waals surface area contributed by atoms with E-state index in [1.54, 1.807) is 19.2 Å². The number of rotatable bonds is 7. The summed E-state index contributed by atoms with van der Waals surface area (Å²) < 4.78 is 23.6. The van der Waals surface area contributed by atoms with Gasteiger partial charge in [-0.25, -0.2) is 4.39 Å². The molecule has 0 aliphatic rings. The third kappa shape index (κ3) is 4.46. The topological polar surface area (TPSA) is 30.5 Å². The maximum atomic E-state index is 12.8. The summed E-state index contributed by atoms with van der Waals surface area (Å²) in [4.78, 5) is 0. The molecule has 112 valence electrons. The third-order valence-corrected chi connectivity index (χ3v) is 3.10. The Kier molecular flexibility index (Phi) is 5.58. The fourth-order valence-corrected chi connectivity index (χ4v) is 2.05. The number of ether oxygens (including phenoxy) is 2. The minimum Gasteiger partial charge on any atom is -0.493 e. The first-order valence-electron chi connectivity index (χ1n) is 6.97. The molecule has 4 heteroatoms. The molecule has 0 fully saturated rings. The van der Waals surface area contributed by atoms with E-state index in [2.05, 4.69) is 5.32 Å². The molecule has 2 rings (SSSR count). The molecule has 2 aromatic carbocycles. The molecule has 0 saturated carbocycles. The first kappa shape index (κ1) is 15.3. The number of methoxy groups -OCH3 is 1. The van der Waals surface area contributed by atoms with Crippen molar-refractivity contribution < 1.29 is 13.9 Å². The van der Waals surface area contributed by atoms with Crippen molar-refractivity contribution in [1.82, 2.24) is 5.32 Å². The van der Waals surface area contributed by atoms with Gasteiger partial charge in [0.05, 0.1) is 13.7 Å². The Morgan fingerprint density at radius 3 is 2.29 bits per heavy atom. The van der Waals surface area contributed by atoms with Crippen LogP contribution in [0.3, 0.4) is 0 Å². The summed E-state index contributed by atoms with van der Waals surface area (Å²) in [5.41, 5.74) is 2.16. The highest BCUT2D eigenvalue weighted by molar-refractivity contribution is 5.42. The van der Waals surface area contributed by atoms with Crippen molar-refractivity contribution in [2.75, 3.05) is 13.7 Å². The second-order valence-electron chi connectivity index (χ2n) is 4.65. The average Bonchev–Trinajstić information content (AvgIpc) is 2.50. The zero-order chi connectivity index (χ0) is 15.1. The minimum absolute atomic E-state index is 0.213. The summed E-state index contributed by atoms with van der Waals surface area (Å²) in [6, 6.07) is 12.4. The zero-order valence-electron chi connectivity index (χ0n) is 12.4. The Hall–Kier alpha value is -2.07. The van der Waals surface area contributed by atoms with Gasteiger partial charge in [0.1, 0.15) is 5.82 Å². The van der Waals surface area contributed by atoms with Gasteiger partial charge in [-0.3, -0.25) is 0 Å². The Balaban J connectivity index is 1.93. The van der Waals surface area contributed by atoms with Crippen molar-refractivity contribution in [2.45, 2.75) is 20.0 Å². The normalized spacial score (nSPS) is 10.4. The molecule has 0 saturated heterocycles.